The highest BCUT2D eigenvalue weighted by atomic mass is 16.5. The van der Waals surface area contributed by atoms with Gasteiger partial charge >= 0.3 is 0 Å². The molecule has 116 valence electrons. The second-order valence-corrected chi connectivity index (χ2v) is 5.86. The molecule has 0 saturated carbocycles. The SMILES string of the molecule is Cc1ccc(NC(=O)COc2cc(C)c(C)cc2C)c(C)c1. The third-order valence-corrected chi connectivity index (χ3v) is 3.81. The van der Waals surface area contributed by atoms with Crippen molar-refractivity contribution in [2.45, 2.75) is 34.6 Å². The topological polar surface area (TPSA) is 38.3 Å². The summed E-state index contributed by atoms with van der Waals surface area (Å²) in [6.07, 6.45) is 0. The van der Waals surface area contributed by atoms with Gasteiger partial charge in [0.15, 0.2) is 6.61 Å². The molecule has 0 bridgehead atoms. The molecule has 2 aromatic rings. The molecule has 1 N–H and O–H groups in total. The highest BCUT2D eigenvalue weighted by Crippen LogP contribution is 2.22. The first-order chi connectivity index (χ1) is 10.4. The Morgan fingerprint density at radius 2 is 1.59 bits per heavy atom. The van der Waals surface area contributed by atoms with Crippen LogP contribution in [0.25, 0.3) is 0 Å². The van der Waals surface area contributed by atoms with E-state index in [2.05, 4.69) is 18.3 Å². The van der Waals surface area contributed by atoms with Crippen LogP contribution in [-0.4, -0.2) is 12.5 Å². The molecule has 2 aromatic carbocycles. The molecule has 0 radical (unpaired) electrons. The predicted molar refractivity (Wildman–Crippen MR) is 90.7 cm³/mol. The lowest BCUT2D eigenvalue weighted by Crippen LogP contribution is -2.21. The number of ether oxygens (including phenoxy) is 1. The van der Waals surface area contributed by atoms with Crippen LogP contribution in [0.3, 0.4) is 0 Å². The molecule has 1 amide bonds. The van der Waals surface area contributed by atoms with Crippen LogP contribution in [0, 0.1) is 34.6 Å². The molecule has 22 heavy (non-hydrogen) atoms. The summed E-state index contributed by atoms with van der Waals surface area (Å²) in [5.41, 5.74) is 6.49. The van der Waals surface area contributed by atoms with Crippen LogP contribution in [0.4, 0.5) is 5.69 Å². The Morgan fingerprint density at radius 1 is 0.909 bits per heavy atom. The van der Waals surface area contributed by atoms with Crippen molar-refractivity contribution in [3.05, 3.63) is 58.1 Å². The van der Waals surface area contributed by atoms with Gasteiger partial charge in [0.05, 0.1) is 0 Å². The van der Waals surface area contributed by atoms with E-state index >= 15 is 0 Å². The van der Waals surface area contributed by atoms with Crippen LogP contribution in [0.2, 0.25) is 0 Å². The van der Waals surface area contributed by atoms with Crippen LogP contribution < -0.4 is 10.1 Å². The van der Waals surface area contributed by atoms with Gasteiger partial charge in [0.25, 0.3) is 5.91 Å². The smallest absolute Gasteiger partial charge is 0.262 e. The van der Waals surface area contributed by atoms with Gasteiger partial charge in [-0.3, -0.25) is 4.79 Å². The van der Waals surface area contributed by atoms with Crippen molar-refractivity contribution < 1.29 is 9.53 Å². The minimum Gasteiger partial charge on any atom is -0.483 e. The Kier molecular flexibility index (Phi) is 4.86. The van der Waals surface area contributed by atoms with E-state index in [1.165, 1.54) is 11.1 Å². The Hall–Kier alpha value is -2.29. The summed E-state index contributed by atoms with van der Waals surface area (Å²) in [7, 11) is 0. The fourth-order valence-corrected chi connectivity index (χ4v) is 2.37. The summed E-state index contributed by atoms with van der Waals surface area (Å²) in [6, 6.07) is 10.0. The lowest BCUT2D eigenvalue weighted by molar-refractivity contribution is -0.118. The number of carbonyl (C=O) groups excluding carboxylic acids is 1. The molecule has 0 aliphatic heterocycles. The molecule has 0 aliphatic rings. The van der Waals surface area contributed by atoms with Crippen LogP contribution in [0.1, 0.15) is 27.8 Å². The van der Waals surface area contributed by atoms with Gasteiger partial charge in [0.1, 0.15) is 5.75 Å². The minimum atomic E-state index is -0.149. The Balaban J connectivity index is 2.00. The quantitative estimate of drug-likeness (QED) is 0.916. The highest BCUT2D eigenvalue weighted by Gasteiger charge is 2.08. The van der Waals surface area contributed by atoms with Gasteiger partial charge in [0, 0.05) is 5.69 Å². The largest absolute Gasteiger partial charge is 0.483 e. The second kappa shape index (κ2) is 6.65. The summed E-state index contributed by atoms with van der Waals surface area (Å²) in [5.74, 6) is 0.614. The van der Waals surface area contributed by atoms with Crippen LogP contribution in [-0.2, 0) is 4.79 Å². The van der Waals surface area contributed by atoms with Gasteiger partial charge in [0.2, 0.25) is 0 Å². The molecule has 3 heteroatoms. The molecule has 0 fully saturated rings. The number of carbonyl (C=O) groups is 1. The fraction of sp³-hybridized carbons (Fsp3) is 0.316. The van der Waals surface area contributed by atoms with E-state index in [-0.39, 0.29) is 12.5 Å². The molecule has 0 aliphatic carbocycles. The van der Waals surface area contributed by atoms with E-state index in [1.54, 1.807) is 0 Å². The molecular formula is C19H23NO2. The van der Waals surface area contributed by atoms with Gasteiger partial charge in [-0.1, -0.05) is 23.8 Å². The van der Waals surface area contributed by atoms with Crippen molar-refractivity contribution in [1.29, 1.82) is 0 Å². The maximum absolute atomic E-state index is 12.0. The predicted octanol–water partition coefficient (Wildman–Crippen LogP) is 4.25. The number of hydrogen-bond donors (Lipinski definition) is 1. The van der Waals surface area contributed by atoms with Crippen molar-refractivity contribution >= 4 is 11.6 Å². The molecule has 0 atom stereocenters. The molecule has 0 aromatic heterocycles. The third kappa shape index (κ3) is 3.88. The van der Waals surface area contributed by atoms with E-state index in [0.717, 1.165) is 28.1 Å². The van der Waals surface area contributed by atoms with Crippen LogP contribution >= 0.6 is 0 Å². The normalized spacial score (nSPS) is 10.4. The minimum absolute atomic E-state index is 0.0106. The standard InChI is InChI=1S/C19H23NO2/c1-12-6-7-17(15(4)8-12)20-19(21)11-22-18-10-14(3)13(2)9-16(18)5/h6-10H,11H2,1-5H3,(H,20,21). The molecule has 0 saturated heterocycles. The zero-order chi connectivity index (χ0) is 16.3. The molecule has 0 unspecified atom stereocenters. The van der Waals surface area contributed by atoms with Crippen molar-refractivity contribution in [1.82, 2.24) is 0 Å². The van der Waals surface area contributed by atoms with Crippen molar-refractivity contribution in [2.24, 2.45) is 0 Å². The molecular weight excluding hydrogens is 274 g/mol. The van der Waals surface area contributed by atoms with E-state index in [0.29, 0.717) is 0 Å². The van der Waals surface area contributed by atoms with E-state index < -0.39 is 0 Å². The lowest BCUT2D eigenvalue weighted by atomic mass is 10.1. The van der Waals surface area contributed by atoms with Gasteiger partial charge in [-0.05, 0) is 69.0 Å². The first-order valence-electron chi connectivity index (χ1n) is 7.44. The van der Waals surface area contributed by atoms with E-state index in [1.807, 2.05) is 52.0 Å². The monoisotopic (exact) mass is 297 g/mol. The number of aryl methyl sites for hydroxylation is 5. The number of benzene rings is 2. The number of amides is 1. The molecule has 3 nitrogen and oxygen atoms in total. The first kappa shape index (κ1) is 16.1. The number of rotatable bonds is 4. The van der Waals surface area contributed by atoms with Gasteiger partial charge < -0.3 is 10.1 Å². The van der Waals surface area contributed by atoms with E-state index in [9.17, 15) is 4.79 Å². The first-order valence-corrected chi connectivity index (χ1v) is 7.44. The third-order valence-electron chi connectivity index (χ3n) is 3.81. The highest BCUT2D eigenvalue weighted by molar-refractivity contribution is 5.92. The number of anilines is 1. The lowest BCUT2D eigenvalue weighted by Gasteiger charge is -2.13. The average molecular weight is 297 g/mol. The number of hydrogen-bond acceptors (Lipinski definition) is 2. The summed E-state index contributed by atoms with van der Waals surface area (Å²) >= 11 is 0. The summed E-state index contributed by atoms with van der Waals surface area (Å²) in [4.78, 5) is 12.0. The summed E-state index contributed by atoms with van der Waals surface area (Å²) in [6.45, 7) is 10.1. The Labute approximate surface area is 132 Å². The Morgan fingerprint density at radius 3 is 2.27 bits per heavy atom. The summed E-state index contributed by atoms with van der Waals surface area (Å²) in [5, 5.41) is 2.89. The zero-order valence-electron chi connectivity index (χ0n) is 13.9. The molecule has 0 heterocycles. The molecule has 2 rings (SSSR count). The van der Waals surface area contributed by atoms with Crippen LogP contribution in [0.5, 0.6) is 5.75 Å². The fourth-order valence-electron chi connectivity index (χ4n) is 2.37. The maximum Gasteiger partial charge on any atom is 0.262 e. The molecule has 0 spiro atoms. The second-order valence-electron chi connectivity index (χ2n) is 5.86. The summed E-state index contributed by atoms with van der Waals surface area (Å²) < 4.78 is 5.66. The average Bonchev–Trinajstić information content (AvgIpc) is 2.44. The Bertz CT molecular complexity index is 705. The maximum atomic E-state index is 12.0. The van der Waals surface area contributed by atoms with Gasteiger partial charge in [-0.25, -0.2) is 0 Å². The van der Waals surface area contributed by atoms with Crippen molar-refractivity contribution in [3.8, 4) is 5.75 Å². The van der Waals surface area contributed by atoms with Gasteiger partial charge in [-0.2, -0.15) is 0 Å². The van der Waals surface area contributed by atoms with Gasteiger partial charge in [-0.15, -0.1) is 0 Å². The van der Waals surface area contributed by atoms with Crippen molar-refractivity contribution in [2.75, 3.05) is 11.9 Å². The van der Waals surface area contributed by atoms with Crippen LogP contribution in [0.15, 0.2) is 30.3 Å². The van der Waals surface area contributed by atoms with E-state index in [4.69, 9.17) is 4.74 Å². The number of nitrogens with one attached hydrogen (secondary N) is 1. The van der Waals surface area contributed by atoms with Crippen molar-refractivity contribution in [3.63, 3.8) is 0 Å². The zero-order valence-corrected chi connectivity index (χ0v) is 13.9.